The van der Waals surface area contributed by atoms with Gasteiger partial charge in [-0.1, -0.05) is 23.7 Å². The topological polar surface area (TPSA) is 62.2 Å². The highest BCUT2D eigenvalue weighted by Gasteiger charge is 2.43. The van der Waals surface area contributed by atoms with Gasteiger partial charge in [-0.15, -0.1) is 0 Å². The van der Waals surface area contributed by atoms with Crippen molar-refractivity contribution in [1.82, 2.24) is 4.90 Å². The third-order valence-electron chi connectivity index (χ3n) is 5.90. The molecule has 0 unspecified atom stereocenters. The predicted octanol–water partition coefficient (Wildman–Crippen LogP) is 3.73. The van der Waals surface area contributed by atoms with Gasteiger partial charge < -0.3 is 24.6 Å². The van der Waals surface area contributed by atoms with Gasteiger partial charge in [-0.25, -0.2) is 0 Å². The minimum Gasteiger partial charge on any atom is -0.497 e. The van der Waals surface area contributed by atoms with Gasteiger partial charge >= 0.3 is 0 Å². The molecule has 2 atom stereocenters. The van der Waals surface area contributed by atoms with E-state index in [-0.39, 0.29) is 5.60 Å². The van der Waals surface area contributed by atoms with E-state index in [1.165, 1.54) is 0 Å². The second-order valence-electron chi connectivity index (χ2n) is 7.78. The number of likely N-dealkylation sites (tertiary alicyclic amines) is 1. The van der Waals surface area contributed by atoms with E-state index in [4.69, 9.17) is 21.1 Å². The van der Waals surface area contributed by atoms with Gasteiger partial charge in [0.05, 0.1) is 19.3 Å². The molecule has 0 amide bonds. The summed E-state index contributed by atoms with van der Waals surface area (Å²) in [4.78, 5) is 2.25. The van der Waals surface area contributed by atoms with Gasteiger partial charge in [-0.05, 0) is 48.7 Å². The molecule has 0 radical (unpaired) electrons. The maximum Gasteiger partial charge on any atom is 0.126 e. The third-order valence-corrected chi connectivity index (χ3v) is 6.13. The summed E-state index contributed by atoms with van der Waals surface area (Å²) in [6.45, 7) is 2.20. The van der Waals surface area contributed by atoms with Gasteiger partial charge in [-0.3, -0.25) is 0 Å². The van der Waals surface area contributed by atoms with Gasteiger partial charge in [0.2, 0.25) is 0 Å². The fraction of sp³-hybridized carbons (Fsp3) is 0.455. The number of aliphatic hydroxyl groups is 2. The Balaban J connectivity index is 1.38. The van der Waals surface area contributed by atoms with Crippen LogP contribution in [0.15, 0.2) is 42.5 Å². The first kappa shape index (κ1) is 19.5. The fourth-order valence-electron chi connectivity index (χ4n) is 4.26. The van der Waals surface area contributed by atoms with E-state index < -0.39 is 12.2 Å². The van der Waals surface area contributed by atoms with Crippen LogP contribution in [0.3, 0.4) is 0 Å². The SMILES string of the molecule is COc1cccc([C@H](O)CN2CCC3(CC2)C[C@H](O)c2cc(Cl)ccc2O3)c1. The standard InChI is InChI=1S/C22H26ClNO4/c1-27-17-4-2-3-15(11-17)20(26)14-24-9-7-22(8-10-24)13-19(25)18-12-16(23)5-6-21(18)28-22/h2-6,11-12,19-20,25-26H,7-10,13-14H2,1H3/t19-,20+/m0/s1. The minimum absolute atomic E-state index is 0.350. The summed E-state index contributed by atoms with van der Waals surface area (Å²) >= 11 is 6.05. The molecule has 5 nitrogen and oxygen atoms in total. The zero-order valence-corrected chi connectivity index (χ0v) is 16.7. The van der Waals surface area contributed by atoms with E-state index >= 15 is 0 Å². The molecule has 2 aromatic rings. The molecule has 6 heteroatoms. The van der Waals surface area contributed by atoms with Gasteiger partial charge in [0.15, 0.2) is 0 Å². The molecule has 4 rings (SSSR count). The normalized spacial score (nSPS) is 22.4. The Morgan fingerprint density at radius 2 is 2.04 bits per heavy atom. The highest BCUT2D eigenvalue weighted by molar-refractivity contribution is 6.30. The number of nitrogens with zero attached hydrogens (tertiary/aromatic N) is 1. The number of benzene rings is 2. The van der Waals surface area contributed by atoms with Crippen LogP contribution in [0.25, 0.3) is 0 Å². The van der Waals surface area contributed by atoms with Gasteiger partial charge in [0.25, 0.3) is 0 Å². The Kier molecular flexibility index (Phi) is 5.52. The number of β-amino-alcohol motifs (C(OH)–C–C–N with tert-alkyl or cyclic N) is 1. The molecule has 2 aliphatic rings. The lowest BCUT2D eigenvalue weighted by atomic mass is 9.81. The average Bonchev–Trinajstić information content (AvgIpc) is 2.70. The number of fused-ring (bicyclic) bond motifs is 1. The Labute approximate surface area is 170 Å². The lowest BCUT2D eigenvalue weighted by molar-refractivity contribution is -0.0587. The van der Waals surface area contributed by atoms with Crippen molar-refractivity contribution in [2.75, 3.05) is 26.7 Å². The zero-order valence-electron chi connectivity index (χ0n) is 16.0. The number of piperidine rings is 1. The lowest BCUT2D eigenvalue weighted by Crippen LogP contribution is -2.51. The highest BCUT2D eigenvalue weighted by Crippen LogP contribution is 2.45. The predicted molar refractivity (Wildman–Crippen MR) is 108 cm³/mol. The Morgan fingerprint density at radius 3 is 2.79 bits per heavy atom. The molecule has 1 spiro atoms. The molecule has 2 N–H and O–H groups in total. The molecule has 28 heavy (non-hydrogen) atoms. The van der Waals surface area contributed by atoms with Crippen molar-refractivity contribution >= 4 is 11.6 Å². The molecule has 2 aromatic carbocycles. The van der Waals surface area contributed by atoms with Gasteiger partial charge in [-0.2, -0.15) is 0 Å². The van der Waals surface area contributed by atoms with E-state index in [1.54, 1.807) is 19.2 Å². The first-order chi connectivity index (χ1) is 13.5. The van der Waals surface area contributed by atoms with Crippen LogP contribution in [0.4, 0.5) is 0 Å². The molecule has 1 fully saturated rings. The number of halogens is 1. The Hall–Kier alpha value is -1.79. The molecule has 1 saturated heterocycles. The summed E-state index contributed by atoms with van der Waals surface area (Å²) in [5.74, 6) is 1.48. The smallest absolute Gasteiger partial charge is 0.126 e. The number of ether oxygens (including phenoxy) is 2. The lowest BCUT2D eigenvalue weighted by Gasteiger charge is -2.46. The van der Waals surface area contributed by atoms with Crippen LogP contribution >= 0.6 is 11.6 Å². The second-order valence-corrected chi connectivity index (χ2v) is 8.22. The minimum atomic E-state index is -0.565. The van der Waals surface area contributed by atoms with E-state index in [9.17, 15) is 10.2 Å². The van der Waals surface area contributed by atoms with Crippen molar-refractivity contribution in [3.63, 3.8) is 0 Å². The highest BCUT2D eigenvalue weighted by atomic mass is 35.5. The molecule has 0 saturated carbocycles. The maximum absolute atomic E-state index is 10.6. The molecular weight excluding hydrogens is 378 g/mol. The summed E-state index contributed by atoms with van der Waals surface area (Å²) in [6.07, 6.45) is 1.09. The number of methoxy groups -OCH3 is 1. The van der Waals surface area contributed by atoms with E-state index in [0.29, 0.717) is 18.0 Å². The molecule has 2 aliphatic heterocycles. The van der Waals surface area contributed by atoms with Crippen molar-refractivity contribution in [2.45, 2.75) is 37.1 Å². The Morgan fingerprint density at radius 1 is 1.25 bits per heavy atom. The number of hydrogen-bond acceptors (Lipinski definition) is 5. The van der Waals surface area contributed by atoms with Crippen molar-refractivity contribution in [1.29, 1.82) is 0 Å². The summed E-state index contributed by atoms with van der Waals surface area (Å²) < 4.78 is 11.6. The van der Waals surface area contributed by atoms with Crippen LogP contribution < -0.4 is 9.47 Å². The van der Waals surface area contributed by atoms with Gasteiger partial charge in [0, 0.05) is 36.6 Å². The largest absolute Gasteiger partial charge is 0.497 e. The first-order valence-electron chi connectivity index (χ1n) is 9.69. The first-order valence-corrected chi connectivity index (χ1v) is 10.1. The molecule has 0 bridgehead atoms. The summed E-state index contributed by atoms with van der Waals surface area (Å²) in [7, 11) is 1.63. The Bertz CT molecular complexity index is 835. The molecule has 0 aliphatic carbocycles. The maximum atomic E-state index is 10.6. The van der Waals surface area contributed by atoms with E-state index in [1.807, 2.05) is 30.3 Å². The van der Waals surface area contributed by atoms with Crippen molar-refractivity contribution in [2.24, 2.45) is 0 Å². The average molecular weight is 404 g/mol. The summed E-state index contributed by atoms with van der Waals surface area (Å²) in [5.41, 5.74) is 1.28. The third kappa shape index (κ3) is 3.98. The number of hydrogen-bond donors (Lipinski definition) is 2. The second kappa shape index (κ2) is 7.91. The van der Waals surface area contributed by atoms with E-state index in [2.05, 4.69) is 4.90 Å². The summed E-state index contributed by atoms with van der Waals surface area (Å²) in [6, 6.07) is 13.0. The molecular formula is C22H26ClNO4. The number of aliphatic hydroxyl groups excluding tert-OH is 2. The van der Waals surface area contributed by atoms with Crippen LogP contribution in [0.5, 0.6) is 11.5 Å². The van der Waals surface area contributed by atoms with Crippen LogP contribution in [0.2, 0.25) is 5.02 Å². The van der Waals surface area contributed by atoms with Crippen LogP contribution in [-0.4, -0.2) is 47.5 Å². The van der Waals surface area contributed by atoms with Crippen molar-refractivity contribution in [3.8, 4) is 11.5 Å². The van der Waals surface area contributed by atoms with Crippen LogP contribution in [-0.2, 0) is 0 Å². The van der Waals surface area contributed by atoms with Gasteiger partial charge in [0.1, 0.15) is 17.1 Å². The van der Waals surface area contributed by atoms with Crippen LogP contribution in [0.1, 0.15) is 42.6 Å². The quantitative estimate of drug-likeness (QED) is 0.814. The summed E-state index contributed by atoms with van der Waals surface area (Å²) in [5, 5.41) is 21.8. The molecule has 0 aromatic heterocycles. The van der Waals surface area contributed by atoms with Crippen molar-refractivity contribution < 1.29 is 19.7 Å². The van der Waals surface area contributed by atoms with Crippen molar-refractivity contribution in [3.05, 3.63) is 58.6 Å². The zero-order chi connectivity index (χ0) is 19.7. The monoisotopic (exact) mass is 403 g/mol. The molecule has 150 valence electrons. The van der Waals surface area contributed by atoms with E-state index in [0.717, 1.165) is 48.6 Å². The fourth-order valence-corrected chi connectivity index (χ4v) is 4.44. The van der Waals surface area contributed by atoms with Crippen LogP contribution in [0, 0.1) is 0 Å². The molecule has 2 heterocycles. The number of rotatable bonds is 4.